The zero-order valence-corrected chi connectivity index (χ0v) is 15.2. The van der Waals surface area contributed by atoms with Crippen LogP contribution in [0.1, 0.15) is 37.2 Å². The van der Waals surface area contributed by atoms with Crippen molar-refractivity contribution in [3.8, 4) is 11.5 Å². The van der Waals surface area contributed by atoms with Gasteiger partial charge in [0.15, 0.2) is 11.5 Å². The summed E-state index contributed by atoms with van der Waals surface area (Å²) in [7, 11) is 1.63. The van der Waals surface area contributed by atoms with E-state index in [4.69, 9.17) is 14.2 Å². The molecule has 1 saturated heterocycles. The fraction of sp³-hybridized carbons (Fsp3) is 0.684. The predicted molar refractivity (Wildman–Crippen MR) is 94.4 cm³/mol. The number of fused-ring (bicyclic) bond motifs is 2. The number of nitro groups is 1. The molecule has 2 aliphatic heterocycles. The number of methoxy groups -OCH3 is 1. The Morgan fingerprint density at radius 1 is 1.35 bits per heavy atom. The van der Waals surface area contributed by atoms with Gasteiger partial charge in [-0.3, -0.25) is 15.0 Å². The van der Waals surface area contributed by atoms with Crippen LogP contribution in [0.15, 0.2) is 18.2 Å². The van der Waals surface area contributed by atoms with E-state index in [1.54, 1.807) is 7.11 Å². The highest BCUT2D eigenvalue weighted by molar-refractivity contribution is 5.50. The minimum Gasteiger partial charge on any atom is -0.493 e. The molecule has 1 aliphatic carbocycles. The fourth-order valence-electron chi connectivity index (χ4n) is 5.26. The van der Waals surface area contributed by atoms with Crippen LogP contribution in [0, 0.1) is 16.0 Å². The zero-order chi connectivity index (χ0) is 18.1. The lowest BCUT2D eigenvalue weighted by atomic mass is 9.68. The molecule has 7 heteroatoms. The molecule has 142 valence electrons. The van der Waals surface area contributed by atoms with Crippen LogP contribution < -0.4 is 14.4 Å². The van der Waals surface area contributed by atoms with E-state index in [-0.39, 0.29) is 23.3 Å². The molecular formula is C19H27N2O5+. The molecule has 0 radical (unpaired) electrons. The zero-order valence-electron chi connectivity index (χ0n) is 15.2. The molecule has 1 aromatic carbocycles. The minimum absolute atomic E-state index is 0.0558. The van der Waals surface area contributed by atoms with Gasteiger partial charge >= 0.3 is 0 Å². The molecule has 2 fully saturated rings. The molecule has 1 aromatic rings. The van der Waals surface area contributed by atoms with Gasteiger partial charge in [-0.25, -0.2) is 0 Å². The number of hydrogen-bond donors (Lipinski definition) is 1. The molecule has 3 atom stereocenters. The quantitative estimate of drug-likeness (QED) is 0.644. The summed E-state index contributed by atoms with van der Waals surface area (Å²) in [6.07, 6.45) is 4.10. The molecule has 26 heavy (non-hydrogen) atoms. The molecule has 7 nitrogen and oxygen atoms in total. The van der Waals surface area contributed by atoms with Crippen molar-refractivity contribution in [2.75, 3.05) is 40.0 Å². The van der Waals surface area contributed by atoms with Crippen molar-refractivity contribution in [2.24, 2.45) is 5.92 Å². The Labute approximate surface area is 153 Å². The Morgan fingerprint density at radius 2 is 2.15 bits per heavy atom. The second-order valence-corrected chi connectivity index (χ2v) is 7.56. The third-order valence-corrected chi connectivity index (χ3v) is 6.35. The lowest BCUT2D eigenvalue weighted by Gasteiger charge is -2.53. The first kappa shape index (κ1) is 17.5. The van der Waals surface area contributed by atoms with Crippen molar-refractivity contribution in [1.82, 2.24) is 0 Å². The van der Waals surface area contributed by atoms with Crippen LogP contribution in [0.4, 0.5) is 0 Å². The van der Waals surface area contributed by atoms with Crippen LogP contribution in [0.25, 0.3) is 0 Å². The van der Waals surface area contributed by atoms with E-state index in [2.05, 4.69) is 0 Å². The average molecular weight is 363 g/mol. The van der Waals surface area contributed by atoms with Gasteiger partial charge in [-0.05, 0) is 18.9 Å². The number of nitrogens with zero attached hydrogens (tertiary/aromatic N) is 1. The highest BCUT2D eigenvalue weighted by Gasteiger charge is 2.59. The second-order valence-electron chi connectivity index (χ2n) is 7.56. The monoisotopic (exact) mass is 363 g/mol. The maximum absolute atomic E-state index is 11.5. The van der Waals surface area contributed by atoms with Crippen LogP contribution in [0.5, 0.6) is 11.5 Å². The van der Waals surface area contributed by atoms with Gasteiger partial charge in [0.25, 0.3) is 0 Å². The number of morpholine rings is 1. The van der Waals surface area contributed by atoms with Gasteiger partial charge in [0, 0.05) is 16.9 Å². The van der Waals surface area contributed by atoms with E-state index >= 15 is 0 Å². The third kappa shape index (κ3) is 2.83. The first-order valence-electron chi connectivity index (χ1n) is 9.56. The molecule has 3 aliphatic rings. The fourth-order valence-corrected chi connectivity index (χ4v) is 5.26. The molecule has 2 heterocycles. The Kier molecular flexibility index (Phi) is 4.75. The van der Waals surface area contributed by atoms with Gasteiger partial charge in [-0.1, -0.05) is 18.6 Å². The Balaban J connectivity index is 1.83. The topological polar surface area (TPSA) is 75.3 Å². The minimum atomic E-state index is -0.412. The number of rotatable bonds is 4. The normalized spacial score (nSPS) is 31.4. The number of quaternary nitrogens is 1. The third-order valence-electron chi connectivity index (χ3n) is 6.35. The van der Waals surface area contributed by atoms with Crippen LogP contribution in [-0.2, 0) is 4.74 Å². The van der Waals surface area contributed by atoms with E-state index < -0.39 is 5.72 Å². The molecule has 0 aromatic heterocycles. The Hall–Kier alpha value is -1.86. The van der Waals surface area contributed by atoms with Crippen molar-refractivity contribution >= 4 is 0 Å². The van der Waals surface area contributed by atoms with Gasteiger partial charge in [0.1, 0.15) is 13.1 Å². The van der Waals surface area contributed by atoms with E-state index in [0.29, 0.717) is 24.7 Å². The van der Waals surface area contributed by atoms with E-state index in [1.807, 2.05) is 18.2 Å². The summed E-state index contributed by atoms with van der Waals surface area (Å²) in [4.78, 5) is 12.7. The summed E-state index contributed by atoms with van der Waals surface area (Å²) in [5.41, 5.74) is 0.515. The van der Waals surface area contributed by atoms with Crippen LogP contribution >= 0.6 is 0 Å². The van der Waals surface area contributed by atoms with Gasteiger partial charge in [-0.15, -0.1) is 0 Å². The Bertz CT molecular complexity index is 676. The summed E-state index contributed by atoms with van der Waals surface area (Å²) < 4.78 is 17.9. The summed E-state index contributed by atoms with van der Waals surface area (Å²) in [6, 6.07) is 5.76. The van der Waals surface area contributed by atoms with Crippen LogP contribution in [-0.4, -0.2) is 50.6 Å². The summed E-state index contributed by atoms with van der Waals surface area (Å²) in [6.45, 7) is 3.13. The first-order valence-corrected chi connectivity index (χ1v) is 9.56. The van der Waals surface area contributed by atoms with Crippen LogP contribution in [0.2, 0.25) is 0 Å². The number of ether oxygens (including phenoxy) is 3. The maximum atomic E-state index is 11.5. The van der Waals surface area contributed by atoms with Crippen molar-refractivity contribution in [3.05, 3.63) is 33.9 Å². The number of nitrogens with one attached hydrogen (secondary N) is 1. The van der Waals surface area contributed by atoms with Crippen LogP contribution in [0.3, 0.4) is 0 Å². The predicted octanol–water partition coefficient (Wildman–Crippen LogP) is 1.25. The summed E-state index contributed by atoms with van der Waals surface area (Å²) in [5, 5.41) is 11.5. The van der Waals surface area contributed by atoms with E-state index in [1.165, 1.54) is 4.90 Å². The largest absolute Gasteiger partial charge is 0.493 e. The maximum Gasteiger partial charge on any atom is 0.245 e. The smallest absolute Gasteiger partial charge is 0.245 e. The lowest BCUT2D eigenvalue weighted by Crippen LogP contribution is -3.24. The van der Waals surface area contributed by atoms with Gasteiger partial charge < -0.3 is 14.2 Å². The molecule has 1 saturated carbocycles. The van der Waals surface area contributed by atoms with Gasteiger partial charge in [-0.2, -0.15) is 0 Å². The standard InChI is InChI=1S/C19H26N2O5/c1-24-17-7-4-5-14-15(13-21(22)23)16-6-2-3-8-19(16,26-18(14)17)20-9-11-25-12-10-20/h4-5,7,15-16H,2-3,6,8-13H2,1H3/p+1/t15-,16-,19+/m1/s1. The number of benzene rings is 1. The number of hydrogen-bond acceptors (Lipinski definition) is 5. The second kappa shape index (κ2) is 7.04. The average Bonchev–Trinajstić information content (AvgIpc) is 2.67. The van der Waals surface area contributed by atoms with E-state index in [0.717, 1.165) is 44.3 Å². The van der Waals surface area contributed by atoms with Crippen molar-refractivity contribution in [3.63, 3.8) is 0 Å². The Morgan fingerprint density at radius 3 is 2.88 bits per heavy atom. The van der Waals surface area contributed by atoms with Gasteiger partial charge in [0.05, 0.1) is 32.2 Å². The highest BCUT2D eigenvalue weighted by Crippen LogP contribution is 2.52. The lowest BCUT2D eigenvalue weighted by molar-refractivity contribution is -0.988. The SMILES string of the molecule is COc1cccc2c1O[C@@]1([NH+]3CCOCC3)CCCC[C@@H]1[C@@H]2C[N+](=O)[O-]. The van der Waals surface area contributed by atoms with E-state index in [9.17, 15) is 10.1 Å². The highest BCUT2D eigenvalue weighted by atomic mass is 16.6. The molecule has 0 bridgehead atoms. The number of para-hydroxylation sites is 1. The molecule has 0 unspecified atom stereocenters. The molecule has 4 rings (SSSR count). The first-order chi connectivity index (χ1) is 12.7. The molecular weight excluding hydrogens is 336 g/mol. The summed E-state index contributed by atoms with van der Waals surface area (Å²) in [5.74, 6) is 1.39. The van der Waals surface area contributed by atoms with Gasteiger partial charge in [0.2, 0.25) is 12.3 Å². The molecule has 1 N–H and O–H groups in total. The molecule has 0 spiro atoms. The van der Waals surface area contributed by atoms with Crippen molar-refractivity contribution in [1.29, 1.82) is 0 Å². The summed E-state index contributed by atoms with van der Waals surface area (Å²) >= 11 is 0. The molecule has 0 amide bonds. The van der Waals surface area contributed by atoms with Crippen molar-refractivity contribution < 1.29 is 24.0 Å². The van der Waals surface area contributed by atoms with Crippen molar-refractivity contribution in [2.45, 2.75) is 37.3 Å².